The van der Waals surface area contributed by atoms with Crippen LogP contribution >= 0.6 is 0 Å². The summed E-state index contributed by atoms with van der Waals surface area (Å²) in [7, 11) is 0. The van der Waals surface area contributed by atoms with Crippen LogP contribution in [0.3, 0.4) is 0 Å². The second kappa shape index (κ2) is 10.2. The zero-order valence-electron chi connectivity index (χ0n) is 17.8. The summed E-state index contributed by atoms with van der Waals surface area (Å²) in [4.78, 5) is 2.33. The van der Waals surface area contributed by atoms with Crippen LogP contribution in [-0.2, 0) is 12.8 Å². The first-order chi connectivity index (χ1) is 15.5. The molecule has 1 atom stereocenters. The fraction of sp³-hybridized carbons (Fsp3) is 0.308. The molecule has 0 radical (unpaired) electrons. The van der Waals surface area contributed by atoms with Crippen LogP contribution in [0.5, 0.6) is 5.75 Å². The Morgan fingerprint density at radius 2 is 1.62 bits per heavy atom. The Morgan fingerprint density at radius 1 is 0.844 bits per heavy atom. The molecule has 1 aliphatic rings. The molecule has 32 heavy (non-hydrogen) atoms. The van der Waals surface area contributed by atoms with Crippen molar-refractivity contribution in [3.63, 3.8) is 0 Å². The first-order valence-electron chi connectivity index (χ1n) is 10.9. The van der Waals surface area contributed by atoms with Crippen LogP contribution < -0.4 is 10.1 Å². The lowest BCUT2D eigenvalue weighted by atomic mass is 9.95. The third-order valence-corrected chi connectivity index (χ3v) is 5.72. The lowest BCUT2D eigenvalue weighted by molar-refractivity contribution is -0.137. The molecule has 0 aromatic heterocycles. The van der Waals surface area contributed by atoms with Gasteiger partial charge < -0.3 is 10.1 Å². The van der Waals surface area contributed by atoms with E-state index in [9.17, 15) is 13.2 Å². The molecular formula is C26H27F3N2O. The van der Waals surface area contributed by atoms with Gasteiger partial charge in [-0.15, -0.1) is 0 Å². The maximum atomic E-state index is 13.1. The fourth-order valence-corrected chi connectivity index (χ4v) is 4.11. The van der Waals surface area contributed by atoms with E-state index in [-0.39, 0.29) is 6.04 Å². The monoisotopic (exact) mass is 440 g/mol. The molecule has 3 aromatic rings. The van der Waals surface area contributed by atoms with Crippen LogP contribution in [0.4, 0.5) is 13.2 Å². The number of alkyl halides is 3. The van der Waals surface area contributed by atoms with E-state index in [0.717, 1.165) is 55.0 Å². The van der Waals surface area contributed by atoms with Crippen molar-refractivity contribution in [1.29, 1.82) is 0 Å². The van der Waals surface area contributed by atoms with Gasteiger partial charge in [0.1, 0.15) is 12.4 Å². The highest BCUT2D eigenvalue weighted by Crippen LogP contribution is 2.34. The van der Waals surface area contributed by atoms with Crippen molar-refractivity contribution in [2.24, 2.45) is 0 Å². The predicted molar refractivity (Wildman–Crippen MR) is 120 cm³/mol. The number of hydrogen-bond donors (Lipinski definition) is 1. The van der Waals surface area contributed by atoms with Gasteiger partial charge in [-0.1, -0.05) is 54.6 Å². The predicted octanol–water partition coefficient (Wildman–Crippen LogP) is 5.67. The van der Waals surface area contributed by atoms with E-state index in [4.69, 9.17) is 4.74 Å². The Kier molecular flexibility index (Phi) is 7.12. The molecule has 0 spiro atoms. The number of rotatable bonds is 6. The summed E-state index contributed by atoms with van der Waals surface area (Å²) in [5.41, 5.74) is 2.31. The Balaban J connectivity index is 1.62. The van der Waals surface area contributed by atoms with Crippen LogP contribution in [0.15, 0.2) is 78.9 Å². The second-order valence-electron chi connectivity index (χ2n) is 8.01. The van der Waals surface area contributed by atoms with Gasteiger partial charge in [-0.05, 0) is 53.9 Å². The summed E-state index contributed by atoms with van der Waals surface area (Å²) < 4.78 is 45.3. The molecule has 3 nitrogen and oxygen atoms in total. The molecule has 1 heterocycles. The average molecular weight is 441 g/mol. The Hall–Kier alpha value is -2.83. The molecule has 0 aliphatic carbocycles. The van der Waals surface area contributed by atoms with Gasteiger partial charge in [-0.3, -0.25) is 4.90 Å². The maximum Gasteiger partial charge on any atom is 0.416 e. The minimum Gasteiger partial charge on any atom is -0.489 e. The number of benzene rings is 3. The van der Waals surface area contributed by atoms with Crippen molar-refractivity contribution in [2.75, 3.05) is 26.2 Å². The molecule has 3 aromatic carbocycles. The molecule has 1 aliphatic heterocycles. The topological polar surface area (TPSA) is 24.5 Å². The number of nitrogens with zero attached hydrogens (tertiary/aromatic N) is 1. The standard InChI is InChI=1S/C26H27F3N2O/c27-26(28,29)23-12-10-21(11-13-23)25(31-16-5-14-30-15-17-31)22-8-4-9-24(18-22)32-19-20-6-2-1-3-7-20/h1-4,6-13,18,25,30H,5,14-17,19H2. The van der Waals surface area contributed by atoms with Crippen LogP contribution in [0.1, 0.15) is 34.7 Å². The second-order valence-corrected chi connectivity index (χ2v) is 8.01. The van der Waals surface area contributed by atoms with E-state index in [0.29, 0.717) is 6.61 Å². The third kappa shape index (κ3) is 5.69. The number of nitrogens with one attached hydrogen (secondary N) is 1. The van der Waals surface area contributed by atoms with Gasteiger partial charge in [0.25, 0.3) is 0 Å². The van der Waals surface area contributed by atoms with Crippen LogP contribution in [0.2, 0.25) is 0 Å². The first kappa shape index (κ1) is 22.4. The zero-order valence-corrected chi connectivity index (χ0v) is 17.8. The smallest absolute Gasteiger partial charge is 0.416 e. The van der Waals surface area contributed by atoms with E-state index >= 15 is 0 Å². The highest BCUT2D eigenvalue weighted by Gasteiger charge is 2.31. The summed E-state index contributed by atoms with van der Waals surface area (Å²) in [5.74, 6) is 0.746. The quantitative estimate of drug-likeness (QED) is 0.535. The molecule has 168 valence electrons. The normalized spacial score (nSPS) is 16.3. The first-order valence-corrected chi connectivity index (χ1v) is 10.9. The molecule has 0 saturated carbocycles. The van der Waals surface area contributed by atoms with E-state index in [2.05, 4.69) is 10.2 Å². The maximum absolute atomic E-state index is 13.1. The van der Waals surface area contributed by atoms with Gasteiger partial charge in [0.2, 0.25) is 0 Å². The minimum atomic E-state index is -4.34. The van der Waals surface area contributed by atoms with Crippen molar-refractivity contribution >= 4 is 0 Å². The van der Waals surface area contributed by atoms with Crippen LogP contribution in [-0.4, -0.2) is 31.1 Å². The van der Waals surface area contributed by atoms with Crippen molar-refractivity contribution < 1.29 is 17.9 Å². The highest BCUT2D eigenvalue weighted by atomic mass is 19.4. The van der Waals surface area contributed by atoms with E-state index < -0.39 is 11.7 Å². The van der Waals surface area contributed by atoms with Gasteiger partial charge >= 0.3 is 6.18 Å². The summed E-state index contributed by atoms with van der Waals surface area (Å²) in [5, 5.41) is 3.40. The summed E-state index contributed by atoms with van der Waals surface area (Å²) >= 11 is 0. The molecule has 1 saturated heterocycles. The molecule has 0 amide bonds. The number of ether oxygens (including phenoxy) is 1. The Bertz CT molecular complexity index is 982. The summed E-state index contributed by atoms with van der Waals surface area (Å²) in [6, 6.07) is 23.2. The molecule has 1 unspecified atom stereocenters. The summed E-state index contributed by atoms with van der Waals surface area (Å²) in [6.07, 6.45) is -3.35. The van der Waals surface area contributed by atoms with Crippen molar-refractivity contribution in [1.82, 2.24) is 10.2 Å². The number of halogens is 3. The van der Waals surface area contributed by atoms with Gasteiger partial charge in [0, 0.05) is 19.6 Å². The Labute approximate surface area is 186 Å². The van der Waals surface area contributed by atoms with Crippen molar-refractivity contribution in [3.8, 4) is 5.75 Å². The van der Waals surface area contributed by atoms with Gasteiger partial charge in [0.15, 0.2) is 0 Å². The average Bonchev–Trinajstić information content (AvgIpc) is 3.08. The third-order valence-electron chi connectivity index (χ3n) is 5.72. The lowest BCUT2D eigenvalue weighted by Gasteiger charge is -2.31. The van der Waals surface area contributed by atoms with Gasteiger partial charge in [-0.25, -0.2) is 0 Å². The largest absolute Gasteiger partial charge is 0.489 e. The van der Waals surface area contributed by atoms with Crippen molar-refractivity contribution in [3.05, 3.63) is 101 Å². The van der Waals surface area contributed by atoms with Gasteiger partial charge in [0.05, 0.1) is 11.6 Å². The molecule has 0 bridgehead atoms. The fourth-order valence-electron chi connectivity index (χ4n) is 4.11. The molecule has 1 fully saturated rings. The van der Waals surface area contributed by atoms with Crippen LogP contribution in [0, 0.1) is 0 Å². The van der Waals surface area contributed by atoms with E-state index in [1.807, 2.05) is 54.6 Å². The van der Waals surface area contributed by atoms with Crippen LogP contribution in [0.25, 0.3) is 0 Å². The highest BCUT2D eigenvalue weighted by molar-refractivity contribution is 5.38. The molecular weight excluding hydrogens is 413 g/mol. The molecule has 4 rings (SSSR count). The lowest BCUT2D eigenvalue weighted by Crippen LogP contribution is -2.33. The molecule has 1 N–H and O–H groups in total. The summed E-state index contributed by atoms with van der Waals surface area (Å²) in [6.45, 7) is 3.94. The Morgan fingerprint density at radius 3 is 2.38 bits per heavy atom. The minimum absolute atomic E-state index is 0.141. The number of hydrogen-bond acceptors (Lipinski definition) is 3. The van der Waals surface area contributed by atoms with E-state index in [1.54, 1.807) is 12.1 Å². The van der Waals surface area contributed by atoms with Crippen molar-refractivity contribution in [2.45, 2.75) is 25.2 Å². The van der Waals surface area contributed by atoms with Gasteiger partial charge in [-0.2, -0.15) is 13.2 Å². The zero-order chi connectivity index (χ0) is 22.4. The SMILES string of the molecule is FC(F)(F)c1ccc(C(c2cccc(OCc3ccccc3)c2)N2CCCNCC2)cc1. The van der Waals surface area contributed by atoms with E-state index in [1.165, 1.54) is 12.1 Å². The molecule has 6 heteroatoms.